The number of sulfonamides is 1. The molecule has 6 rings (SSSR count). The van der Waals surface area contributed by atoms with Crippen molar-refractivity contribution in [3.63, 3.8) is 0 Å². The average Bonchev–Trinajstić information content (AvgIpc) is 3.39. The molecule has 0 radical (unpaired) electrons. The number of pyridine rings is 1. The van der Waals surface area contributed by atoms with Crippen molar-refractivity contribution in [2.75, 3.05) is 41.2 Å². The van der Waals surface area contributed by atoms with Crippen LogP contribution in [0.5, 0.6) is 0 Å². The van der Waals surface area contributed by atoms with Crippen molar-refractivity contribution in [1.29, 1.82) is 0 Å². The molecule has 0 amide bonds. The molecular formula is C29H25F2N7O3S2. The second kappa shape index (κ2) is 12.0. The Morgan fingerprint density at radius 1 is 0.930 bits per heavy atom. The number of morpholine rings is 1. The molecule has 220 valence electrons. The Hall–Kier alpha value is -4.53. The van der Waals surface area contributed by atoms with Crippen LogP contribution >= 0.6 is 11.3 Å². The molecule has 14 heteroatoms. The topological polar surface area (TPSA) is 122 Å². The number of thiazole rings is 1. The van der Waals surface area contributed by atoms with Gasteiger partial charge < -0.3 is 15.0 Å². The summed E-state index contributed by atoms with van der Waals surface area (Å²) < 4.78 is 61.7. The fraction of sp³-hybridized carbons (Fsp3) is 0.172. The fourth-order valence-electron chi connectivity index (χ4n) is 4.59. The van der Waals surface area contributed by atoms with E-state index in [4.69, 9.17) is 4.74 Å². The van der Waals surface area contributed by atoms with Gasteiger partial charge in [-0.25, -0.2) is 37.1 Å². The van der Waals surface area contributed by atoms with Crippen LogP contribution in [-0.4, -0.2) is 54.7 Å². The highest BCUT2D eigenvalue weighted by Gasteiger charge is 2.24. The third-order valence-corrected chi connectivity index (χ3v) is 8.96. The lowest BCUT2D eigenvalue weighted by Crippen LogP contribution is -2.36. The lowest BCUT2D eigenvalue weighted by Gasteiger charge is -2.27. The molecule has 4 heterocycles. The van der Waals surface area contributed by atoms with E-state index in [0.717, 1.165) is 52.7 Å². The SMILES string of the molecule is Cc1nc(-c2cccc(NS(=O)(=O)c3c(F)cccc3F)c2)c(-c2ccnc(Nc3ccc(N4CCOCC4)nc3)n2)s1. The average molecular weight is 622 g/mol. The quantitative estimate of drug-likeness (QED) is 0.227. The van der Waals surface area contributed by atoms with Crippen molar-refractivity contribution in [3.8, 4) is 21.8 Å². The first-order valence-electron chi connectivity index (χ1n) is 13.2. The molecule has 2 aromatic carbocycles. The summed E-state index contributed by atoms with van der Waals surface area (Å²) in [5.74, 6) is -1.13. The highest BCUT2D eigenvalue weighted by atomic mass is 32.2. The van der Waals surface area contributed by atoms with Gasteiger partial charge >= 0.3 is 0 Å². The highest BCUT2D eigenvalue weighted by Crippen LogP contribution is 2.37. The van der Waals surface area contributed by atoms with Crippen LogP contribution in [0.4, 0.5) is 31.9 Å². The van der Waals surface area contributed by atoms with Crippen molar-refractivity contribution in [2.24, 2.45) is 0 Å². The van der Waals surface area contributed by atoms with Crippen molar-refractivity contribution in [3.05, 3.63) is 89.7 Å². The van der Waals surface area contributed by atoms with E-state index in [9.17, 15) is 17.2 Å². The molecule has 2 N–H and O–H groups in total. The van der Waals surface area contributed by atoms with E-state index in [1.165, 1.54) is 17.4 Å². The second-order valence-electron chi connectivity index (χ2n) is 9.54. The zero-order valence-corrected chi connectivity index (χ0v) is 24.4. The van der Waals surface area contributed by atoms with Gasteiger partial charge in [0.2, 0.25) is 5.95 Å². The summed E-state index contributed by atoms with van der Waals surface area (Å²) in [6, 6.07) is 14.9. The lowest BCUT2D eigenvalue weighted by atomic mass is 10.1. The number of aromatic nitrogens is 4. The van der Waals surface area contributed by atoms with Gasteiger partial charge in [-0.2, -0.15) is 0 Å². The Bertz CT molecular complexity index is 1860. The van der Waals surface area contributed by atoms with Gasteiger partial charge in [0.05, 0.1) is 46.4 Å². The summed E-state index contributed by atoms with van der Waals surface area (Å²) in [5, 5.41) is 3.95. The van der Waals surface area contributed by atoms with Crippen LogP contribution in [0.25, 0.3) is 21.8 Å². The number of hydrogen-bond donors (Lipinski definition) is 2. The van der Waals surface area contributed by atoms with E-state index >= 15 is 0 Å². The summed E-state index contributed by atoms with van der Waals surface area (Å²) in [5.41, 5.74) is 2.61. The van der Waals surface area contributed by atoms with E-state index in [2.05, 4.69) is 34.9 Å². The van der Waals surface area contributed by atoms with Gasteiger partial charge in [-0.3, -0.25) is 4.72 Å². The lowest BCUT2D eigenvalue weighted by molar-refractivity contribution is 0.122. The minimum absolute atomic E-state index is 0.120. The Morgan fingerprint density at radius 2 is 1.70 bits per heavy atom. The zero-order chi connectivity index (χ0) is 30.0. The molecule has 1 aliphatic rings. The Kier molecular flexibility index (Phi) is 7.97. The van der Waals surface area contributed by atoms with E-state index in [1.54, 1.807) is 36.7 Å². The van der Waals surface area contributed by atoms with E-state index in [-0.39, 0.29) is 5.69 Å². The maximum Gasteiger partial charge on any atom is 0.267 e. The first kappa shape index (κ1) is 28.6. The molecule has 0 spiro atoms. The minimum Gasteiger partial charge on any atom is -0.378 e. The summed E-state index contributed by atoms with van der Waals surface area (Å²) in [7, 11) is -4.54. The smallest absolute Gasteiger partial charge is 0.267 e. The van der Waals surface area contributed by atoms with Crippen molar-refractivity contribution in [1.82, 2.24) is 19.9 Å². The molecule has 0 saturated carbocycles. The number of halogens is 2. The van der Waals surface area contributed by atoms with Crippen LogP contribution in [0.3, 0.4) is 0 Å². The van der Waals surface area contributed by atoms with Gasteiger partial charge in [-0.1, -0.05) is 18.2 Å². The van der Waals surface area contributed by atoms with Crippen LogP contribution < -0.4 is 14.9 Å². The normalized spacial score (nSPS) is 13.6. The highest BCUT2D eigenvalue weighted by molar-refractivity contribution is 7.92. The van der Waals surface area contributed by atoms with Crippen LogP contribution in [0.1, 0.15) is 5.01 Å². The Morgan fingerprint density at radius 3 is 2.44 bits per heavy atom. The third kappa shape index (κ3) is 6.30. The third-order valence-electron chi connectivity index (χ3n) is 6.54. The number of anilines is 4. The van der Waals surface area contributed by atoms with Crippen molar-refractivity contribution >= 4 is 44.5 Å². The summed E-state index contributed by atoms with van der Waals surface area (Å²) in [6.07, 6.45) is 3.36. The molecule has 0 bridgehead atoms. The Balaban J connectivity index is 1.25. The molecule has 43 heavy (non-hydrogen) atoms. The number of ether oxygens (including phenoxy) is 1. The molecule has 3 aromatic heterocycles. The minimum atomic E-state index is -4.54. The molecule has 1 fully saturated rings. The van der Waals surface area contributed by atoms with Crippen LogP contribution in [0.2, 0.25) is 0 Å². The molecule has 0 atom stereocenters. The first-order chi connectivity index (χ1) is 20.8. The van der Waals surface area contributed by atoms with Gasteiger partial charge in [0.1, 0.15) is 17.5 Å². The number of nitrogens with one attached hydrogen (secondary N) is 2. The van der Waals surface area contributed by atoms with E-state index in [0.29, 0.717) is 36.1 Å². The molecule has 0 aliphatic carbocycles. The number of hydrogen-bond acceptors (Lipinski definition) is 10. The van der Waals surface area contributed by atoms with E-state index < -0.39 is 26.6 Å². The monoisotopic (exact) mass is 621 g/mol. The summed E-state index contributed by atoms with van der Waals surface area (Å²) in [4.78, 5) is 20.1. The summed E-state index contributed by atoms with van der Waals surface area (Å²) >= 11 is 1.42. The van der Waals surface area contributed by atoms with E-state index in [1.807, 2.05) is 19.1 Å². The first-order valence-corrected chi connectivity index (χ1v) is 15.5. The second-order valence-corrected chi connectivity index (χ2v) is 12.4. The number of benzene rings is 2. The largest absolute Gasteiger partial charge is 0.378 e. The van der Waals surface area contributed by atoms with Crippen molar-refractivity contribution in [2.45, 2.75) is 11.8 Å². The molecular weight excluding hydrogens is 596 g/mol. The predicted octanol–water partition coefficient (Wildman–Crippen LogP) is 5.63. The number of nitrogens with zero attached hydrogens (tertiary/aromatic N) is 5. The van der Waals surface area contributed by atoms with Gasteiger partial charge in [0, 0.05) is 30.5 Å². The molecule has 5 aromatic rings. The fourth-order valence-corrected chi connectivity index (χ4v) is 6.69. The van der Waals surface area contributed by atoms with Crippen LogP contribution in [-0.2, 0) is 14.8 Å². The predicted molar refractivity (Wildman–Crippen MR) is 161 cm³/mol. The Labute approximate surface area is 250 Å². The molecule has 1 saturated heterocycles. The molecule has 0 unspecified atom stereocenters. The number of rotatable bonds is 8. The number of aryl methyl sites for hydroxylation is 1. The summed E-state index contributed by atoms with van der Waals surface area (Å²) in [6.45, 7) is 4.79. The van der Waals surface area contributed by atoms with Gasteiger partial charge in [-0.15, -0.1) is 11.3 Å². The zero-order valence-electron chi connectivity index (χ0n) is 22.8. The van der Waals surface area contributed by atoms with Gasteiger partial charge in [-0.05, 0) is 49.4 Å². The maximum absolute atomic E-state index is 14.2. The molecule has 10 nitrogen and oxygen atoms in total. The van der Waals surface area contributed by atoms with Crippen LogP contribution in [0, 0.1) is 18.6 Å². The van der Waals surface area contributed by atoms with Gasteiger partial charge in [0.25, 0.3) is 10.0 Å². The standard InChI is InChI=1S/C29H25F2N7O3S2/c1-18-34-26(19-4-2-5-20(16-19)37-43(39,40)28-22(30)6-3-7-23(28)31)27(42-18)24-10-11-32-29(36-24)35-21-8-9-25(33-17-21)38-12-14-41-15-13-38/h2-11,16-17,37H,12-15H2,1H3,(H,32,35,36). The van der Waals surface area contributed by atoms with Gasteiger partial charge in [0.15, 0.2) is 4.90 Å². The van der Waals surface area contributed by atoms with Crippen LogP contribution in [0.15, 0.2) is 78.0 Å². The maximum atomic E-state index is 14.2. The molecule has 1 aliphatic heterocycles. The van der Waals surface area contributed by atoms with Crippen molar-refractivity contribution < 1.29 is 21.9 Å².